The second kappa shape index (κ2) is 4.53. The molecule has 1 aromatic heterocycles. The number of aromatic nitrogens is 2. The van der Waals surface area contributed by atoms with Crippen molar-refractivity contribution in [1.82, 2.24) is 9.97 Å². The number of aromatic amines is 1. The van der Waals surface area contributed by atoms with E-state index in [1.165, 1.54) is 7.11 Å². The van der Waals surface area contributed by atoms with Crippen molar-refractivity contribution in [3.8, 4) is 0 Å². The fraction of sp³-hybridized carbons (Fsp3) is 0.273. The summed E-state index contributed by atoms with van der Waals surface area (Å²) in [6.45, 7) is 0. The van der Waals surface area contributed by atoms with Crippen LogP contribution < -0.4 is 0 Å². The van der Waals surface area contributed by atoms with E-state index in [1.54, 1.807) is 6.33 Å². The van der Waals surface area contributed by atoms with Crippen LogP contribution in [-0.2, 0) is 21.8 Å². The number of nitrogens with one attached hydrogen (secondary N) is 1. The number of alkyl halides is 1. The van der Waals surface area contributed by atoms with E-state index < -0.39 is 0 Å². The lowest BCUT2D eigenvalue weighted by atomic mass is 10.1. The van der Waals surface area contributed by atoms with E-state index in [2.05, 4.69) is 14.7 Å². The molecule has 1 aromatic carbocycles. The SMILES string of the molecule is COC(=O)Cc1cc(CCl)c2nc[nH]c2c1. The quantitative estimate of drug-likeness (QED) is 0.658. The first kappa shape index (κ1) is 11.0. The van der Waals surface area contributed by atoms with Gasteiger partial charge in [-0.25, -0.2) is 4.98 Å². The average Bonchev–Trinajstić information content (AvgIpc) is 2.75. The van der Waals surface area contributed by atoms with Crippen LogP contribution in [0.15, 0.2) is 18.5 Å². The zero-order chi connectivity index (χ0) is 11.5. The molecule has 16 heavy (non-hydrogen) atoms. The van der Waals surface area contributed by atoms with Gasteiger partial charge in [-0.3, -0.25) is 4.79 Å². The Hall–Kier alpha value is -1.55. The summed E-state index contributed by atoms with van der Waals surface area (Å²) >= 11 is 5.84. The van der Waals surface area contributed by atoms with Crippen molar-refractivity contribution in [2.24, 2.45) is 0 Å². The number of hydrogen-bond acceptors (Lipinski definition) is 3. The highest BCUT2D eigenvalue weighted by Gasteiger charge is 2.09. The number of nitrogens with zero attached hydrogens (tertiary/aromatic N) is 1. The van der Waals surface area contributed by atoms with E-state index >= 15 is 0 Å². The molecule has 0 unspecified atom stereocenters. The number of fused-ring (bicyclic) bond motifs is 1. The zero-order valence-corrected chi connectivity index (χ0v) is 9.54. The van der Waals surface area contributed by atoms with Gasteiger partial charge in [0.1, 0.15) is 0 Å². The molecule has 1 N–H and O–H groups in total. The molecule has 0 amide bonds. The summed E-state index contributed by atoms with van der Waals surface area (Å²) < 4.78 is 4.62. The smallest absolute Gasteiger partial charge is 0.309 e. The Kier molecular flexibility index (Phi) is 3.10. The van der Waals surface area contributed by atoms with E-state index in [1.807, 2.05) is 12.1 Å². The summed E-state index contributed by atoms with van der Waals surface area (Å²) in [5.41, 5.74) is 3.53. The Morgan fingerprint density at radius 1 is 1.56 bits per heavy atom. The van der Waals surface area contributed by atoms with Gasteiger partial charge in [0.2, 0.25) is 0 Å². The molecule has 0 radical (unpaired) electrons. The highest BCUT2D eigenvalue weighted by atomic mass is 35.5. The number of methoxy groups -OCH3 is 1. The number of imidazole rings is 1. The van der Waals surface area contributed by atoms with Crippen molar-refractivity contribution >= 4 is 28.6 Å². The van der Waals surface area contributed by atoms with Crippen molar-refractivity contribution in [3.63, 3.8) is 0 Å². The van der Waals surface area contributed by atoms with Gasteiger partial charge in [0.15, 0.2) is 0 Å². The Labute approximate surface area is 97.6 Å². The van der Waals surface area contributed by atoms with Gasteiger partial charge in [0.25, 0.3) is 0 Å². The van der Waals surface area contributed by atoms with Crippen molar-refractivity contribution in [1.29, 1.82) is 0 Å². The number of carbonyl (C=O) groups excluding carboxylic acids is 1. The number of carbonyl (C=O) groups is 1. The minimum atomic E-state index is -0.264. The van der Waals surface area contributed by atoms with Crippen LogP contribution in [0.25, 0.3) is 11.0 Å². The monoisotopic (exact) mass is 238 g/mol. The molecule has 0 fully saturated rings. The minimum Gasteiger partial charge on any atom is -0.469 e. The van der Waals surface area contributed by atoms with Gasteiger partial charge < -0.3 is 9.72 Å². The molecule has 0 aliphatic heterocycles. The number of H-pyrrole nitrogens is 1. The van der Waals surface area contributed by atoms with Crippen LogP contribution >= 0.6 is 11.6 Å². The number of ether oxygens (including phenoxy) is 1. The second-order valence-corrected chi connectivity index (χ2v) is 3.71. The lowest BCUT2D eigenvalue weighted by Gasteiger charge is -2.03. The lowest BCUT2D eigenvalue weighted by molar-refractivity contribution is -0.139. The summed E-state index contributed by atoms with van der Waals surface area (Å²) in [7, 11) is 1.37. The normalized spacial score (nSPS) is 10.6. The molecule has 1 heterocycles. The van der Waals surface area contributed by atoms with Crippen LogP contribution in [0.3, 0.4) is 0 Å². The first-order valence-electron chi connectivity index (χ1n) is 4.82. The topological polar surface area (TPSA) is 55.0 Å². The first-order valence-corrected chi connectivity index (χ1v) is 5.35. The molecule has 0 atom stereocenters. The predicted octanol–water partition coefficient (Wildman–Crippen LogP) is 2.02. The molecule has 0 spiro atoms. The third kappa shape index (κ3) is 2.02. The number of benzene rings is 1. The highest BCUT2D eigenvalue weighted by Crippen LogP contribution is 2.20. The zero-order valence-electron chi connectivity index (χ0n) is 8.79. The highest BCUT2D eigenvalue weighted by molar-refractivity contribution is 6.17. The Balaban J connectivity index is 2.43. The van der Waals surface area contributed by atoms with Crippen molar-refractivity contribution < 1.29 is 9.53 Å². The van der Waals surface area contributed by atoms with Crippen molar-refractivity contribution in [2.75, 3.05) is 7.11 Å². The molecule has 0 saturated carbocycles. The first-order chi connectivity index (χ1) is 7.74. The minimum absolute atomic E-state index is 0.245. The fourth-order valence-electron chi connectivity index (χ4n) is 1.63. The number of esters is 1. The van der Waals surface area contributed by atoms with Crippen LogP contribution in [0.2, 0.25) is 0 Å². The van der Waals surface area contributed by atoms with Crippen LogP contribution in [0.1, 0.15) is 11.1 Å². The van der Waals surface area contributed by atoms with Crippen LogP contribution in [0, 0.1) is 0 Å². The Bertz CT molecular complexity index is 522. The van der Waals surface area contributed by atoms with Gasteiger partial charge in [0, 0.05) is 5.88 Å². The molecule has 0 aliphatic carbocycles. The third-order valence-electron chi connectivity index (χ3n) is 2.38. The number of hydrogen-bond donors (Lipinski definition) is 1. The van der Waals surface area contributed by atoms with E-state index in [9.17, 15) is 4.79 Å². The molecular formula is C11H11ClN2O2. The molecule has 0 aliphatic rings. The maximum absolute atomic E-state index is 11.2. The lowest BCUT2D eigenvalue weighted by Crippen LogP contribution is -2.04. The standard InChI is InChI=1S/C11H11ClN2O2/c1-16-10(15)4-7-2-8(5-12)11-9(3-7)13-6-14-11/h2-3,6H,4-5H2,1H3,(H,13,14). The molecule has 0 saturated heterocycles. The average molecular weight is 239 g/mol. The molecule has 0 bridgehead atoms. The molecule has 84 valence electrons. The summed E-state index contributed by atoms with van der Waals surface area (Å²) in [5.74, 6) is 0.107. The fourth-order valence-corrected chi connectivity index (χ4v) is 1.84. The van der Waals surface area contributed by atoms with E-state index in [4.69, 9.17) is 11.6 Å². The third-order valence-corrected chi connectivity index (χ3v) is 2.67. The Morgan fingerprint density at radius 3 is 3.06 bits per heavy atom. The van der Waals surface area contributed by atoms with Crippen LogP contribution in [0.5, 0.6) is 0 Å². The maximum atomic E-state index is 11.2. The predicted molar refractivity (Wildman–Crippen MR) is 61.4 cm³/mol. The van der Waals surface area contributed by atoms with E-state index in [0.29, 0.717) is 5.88 Å². The van der Waals surface area contributed by atoms with Crippen molar-refractivity contribution in [3.05, 3.63) is 29.6 Å². The maximum Gasteiger partial charge on any atom is 0.309 e. The molecule has 4 nitrogen and oxygen atoms in total. The summed E-state index contributed by atoms with van der Waals surface area (Å²) in [4.78, 5) is 18.4. The van der Waals surface area contributed by atoms with Gasteiger partial charge >= 0.3 is 5.97 Å². The summed E-state index contributed by atoms with van der Waals surface area (Å²) in [6, 6.07) is 3.77. The molecule has 2 aromatic rings. The molecule has 2 rings (SSSR count). The number of rotatable bonds is 3. The molecule has 5 heteroatoms. The summed E-state index contributed by atoms with van der Waals surface area (Å²) in [6.07, 6.45) is 1.86. The van der Waals surface area contributed by atoms with Gasteiger partial charge in [-0.2, -0.15) is 0 Å². The van der Waals surface area contributed by atoms with Gasteiger partial charge in [-0.05, 0) is 17.2 Å². The molecular weight excluding hydrogens is 228 g/mol. The summed E-state index contributed by atoms with van der Waals surface area (Å²) in [5, 5.41) is 0. The van der Waals surface area contributed by atoms with Gasteiger partial charge in [-0.15, -0.1) is 11.6 Å². The van der Waals surface area contributed by atoms with Crippen molar-refractivity contribution in [2.45, 2.75) is 12.3 Å². The second-order valence-electron chi connectivity index (χ2n) is 3.44. The van der Waals surface area contributed by atoms with Gasteiger partial charge in [-0.1, -0.05) is 6.07 Å². The van der Waals surface area contributed by atoms with E-state index in [0.717, 1.165) is 22.2 Å². The van der Waals surface area contributed by atoms with Crippen LogP contribution in [-0.4, -0.2) is 23.0 Å². The van der Waals surface area contributed by atoms with E-state index in [-0.39, 0.29) is 12.4 Å². The largest absolute Gasteiger partial charge is 0.469 e. The Morgan fingerprint density at radius 2 is 2.38 bits per heavy atom. The number of halogens is 1. The van der Waals surface area contributed by atoms with Crippen LogP contribution in [0.4, 0.5) is 0 Å². The van der Waals surface area contributed by atoms with Gasteiger partial charge in [0.05, 0.1) is 30.9 Å².